The average Bonchev–Trinajstić information content (AvgIpc) is 2.70. The van der Waals surface area contributed by atoms with Crippen LogP contribution in [0.25, 0.3) is 0 Å². The maximum atomic E-state index is 12.2. The summed E-state index contributed by atoms with van der Waals surface area (Å²) in [6, 6.07) is 1.76. The van der Waals surface area contributed by atoms with E-state index >= 15 is 0 Å². The Morgan fingerprint density at radius 2 is 2.22 bits per heavy atom. The van der Waals surface area contributed by atoms with Crippen LogP contribution in [0.2, 0.25) is 0 Å². The molecule has 0 saturated heterocycles. The van der Waals surface area contributed by atoms with Crippen molar-refractivity contribution in [2.75, 3.05) is 0 Å². The van der Waals surface area contributed by atoms with Gasteiger partial charge in [0.1, 0.15) is 5.69 Å². The van der Waals surface area contributed by atoms with Crippen LogP contribution < -0.4 is 11.1 Å². The number of carbonyl (C=O) groups excluding carboxylic acids is 1. The summed E-state index contributed by atoms with van der Waals surface area (Å²) in [5.74, 6) is -0.199. The van der Waals surface area contributed by atoms with Crippen molar-refractivity contribution in [3.05, 3.63) is 17.5 Å². The highest BCUT2D eigenvalue weighted by Gasteiger charge is 2.29. The lowest BCUT2D eigenvalue weighted by Crippen LogP contribution is -2.54. The van der Waals surface area contributed by atoms with Gasteiger partial charge >= 0.3 is 0 Å². The van der Waals surface area contributed by atoms with Gasteiger partial charge in [0, 0.05) is 6.54 Å². The summed E-state index contributed by atoms with van der Waals surface area (Å²) < 4.78 is 1.67. The van der Waals surface area contributed by atoms with Crippen LogP contribution in [0.1, 0.15) is 43.4 Å². The summed E-state index contributed by atoms with van der Waals surface area (Å²) in [6.45, 7) is 8.20. The van der Waals surface area contributed by atoms with Crippen molar-refractivity contribution < 1.29 is 4.79 Å². The van der Waals surface area contributed by atoms with E-state index < -0.39 is 5.54 Å². The standard InChI is InChI=1S/C12H20N4OS/c1-5-12(4,11(13)18)14-10(17)9-7-8(3)15-16(9)6-2/h7H,5-6H2,1-4H3,(H2,13,18)(H,14,17). The van der Waals surface area contributed by atoms with E-state index in [9.17, 15) is 4.79 Å². The first-order chi connectivity index (χ1) is 8.34. The minimum Gasteiger partial charge on any atom is -0.391 e. The molecule has 1 heterocycles. The van der Waals surface area contributed by atoms with E-state index in [-0.39, 0.29) is 10.9 Å². The third-order valence-electron chi connectivity index (χ3n) is 3.07. The van der Waals surface area contributed by atoms with Crippen LogP contribution in [0.15, 0.2) is 6.07 Å². The highest BCUT2D eigenvalue weighted by molar-refractivity contribution is 7.80. The Hall–Kier alpha value is -1.43. The second-order valence-electron chi connectivity index (χ2n) is 4.49. The lowest BCUT2D eigenvalue weighted by atomic mass is 9.99. The molecule has 1 unspecified atom stereocenters. The minimum absolute atomic E-state index is 0.199. The van der Waals surface area contributed by atoms with Gasteiger partial charge in [-0.1, -0.05) is 19.1 Å². The van der Waals surface area contributed by atoms with E-state index in [1.807, 2.05) is 27.7 Å². The van der Waals surface area contributed by atoms with Gasteiger partial charge < -0.3 is 11.1 Å². The Kier molecular flexibility index (Phi) is 4.45. The van der Waals surface area contributed by atoms with E-state index in [4.69, 9.17) is 18.0 Å². The zero-order chi connectivity index (χ0) is 13.9. The molecule has 3 N–H and O–H groups in total. The predicted molar refractivity (Wildman–Crippen MR) is 75.6 cm³/mol. The number of nitrogens with two attached hydrogens (primary N) is 1. The molecule has 1 rings (SSSR count). The molecule has 1 aromatic heterocycles. The van der Waals surface area contributed by atoms with Crippen LogP contribution in [-0.4, -0.2) is 26.2 Å². The molecule has 0 aliphatic heterocycles. The number of aromatic nitrogens is 2. The Labute approximate surface area is 113 Å². The van der Waals surface area contributed by atoms with Crippen LogP contribution in [-0.2, 0) is 6.54 Å². The van der Waals surface area contributed by atoms with Crippen LogP contribution in [0, 0.1) is 6.92 Å². The fourth-order valence-corrected chi connectivity index (χ4v) is 1.80. The molecule has 0 spiro atoms. The highest BCUT2D eigenvalue weighted by Crippen LogP contribution is 2.12. The van der Waals surface area contributed by atoms with Crippen molar-refractivity contribution in [2.45, 2.75) is 46.2 Å². The molecule has 0 bridgehead atoms. The van der Waals surface area contributed by atoms with Crippen LogP contribution in [0.4, 0.5) is 0 Å². The number of hydrogen-bond acceptors (Lipinski definition) is 3. The third-order valence-corrected chi connectivity index (χ3v) is 3.53. The maximum Gasteiger partial charge on any atom is 0.270 e. The normalized spacial score (nSPS) is 14.0. The SMILES string of the molecule is CCn1nc(C)cc1C(=O)NC(C)(CC)C(N)=S. The number of nitrogens with zero attached hydrogens (tertiary/aromatic N) is 2. The fraction of sp³-hybridized carbons (Fsp3) is 0.583. The van der Waals surface area contributed by atoms with Crippen molar-refractivity contribution in [3.63, 3.8) is 0 Å². The third kappa shape index (κ3) is 2.87. The van der Waals surface area contributed by atoms with Gasteiger partial charge in [0.25, 0.3) is 5.91 Å². The number of carbonyl (C=O) groups is 1. The molecule has 1 amide bonds. The monoisotopic (exact) mass is 268 g/mol. The molecule has 1 atom stereocenters. The second kappa shape index (κ2) is 5.48. The number of hydrogen-bond donors (Lipinski definition) is 2. The molecule has 18 heavy (non-hydrogen) atoms. The smallest absolute Gasteiger partial charge is 0.270 e. The van der Waals surface area contributed by atoms with Crippen molar-refractivity contribution in [2.24, 2.45) is 5.73 Å². The predicted octanol–water partition coefficient (Wildman–Crippen LogP) is 1.40. The first kappa shape index (κ1) is 14.6. The lowest BCUT2D eigenvalue weighted by molar-refractivity contribution is 0.0915. The van der Waals surface area contributed by atoms with E-state index in [1.165, 1.54) is 0 Å². The molecule has 0 aliphatic rings. The van der Waals surface area contributed by atoms with Crippen molar-refractivity contribution in [1.29, 1.82) is 0 Å². The molecule has 0 saturated carbocycles. The van der Waals surface area contributed by atoms with Gasteiger partial charge in [-0.3, -0.25) is 9.48 Å². The minimum atomic E-state index is -0.664. The van der Waals surface area contributed by atoms with Crippen molar-refractivity contribution in [3.8, 4) is 0 Å². The fourth-order valence-electron chi connectivity index (χ4n) is 1.61. The molecule has 0 aromatic carbocycles. The summed E-state index contributed by atoms with van der Waals surface area (Å²) >= 11 is 5.00. The largest absolute Gasteiger partial charge is 0.391 e. The quantitative estimate of drug-likeness (QED) is 0.792. The first-order valence-corrected chi connectivity index (χ1v) is 6.41. The van der Waals surface area contributed by atoms with Gasteiger partial charge in [-0.2, -0.15) is 5.10 Å². The molecule has 6 heteroatoms. The summed E-state index contributed by atoms with van der Waals surface area (Å²) in [5.41, 5.74) is 6.36. The van der Waals surface area contributed by atoms with E-state index in [2.05, 4.69) is 10.4 Å². The molecule has 0 fully saturated rings. The Bertz CT molecular complexity index is 469. The molecule has 5 nitrogen and oxygen atoms in total. The highest BCUT2D eigenvalue weighted by atomic mass is 32.1. The average molecular weight is 268 g/mol. The van der Waals surface area contributed by atoms with Crippen molar-refractivity contribution in [1.82, 2.24) is 15.1 Å². The molecular formula is C12H20N4OS. The van der Waals surface area contributed by atoms with E-state index in [1.54, 1.807) is 10.7 Å². The molecular weight excluding hydrogens is 248 g/mol. The topological polar surface area (TPSA) is 72.9 Å². The number of aryl methyl sites for hydroxylation is 2. The Morgan fingerprint density at radius 1 is 1.61 bits per heavy atom. The molecule has 1 aromatic rings. The first-order valence-electron chi connectivity index (χ1n) is 6.01. The maximum absolute atomic E-state index is 12.2. The van der Waals surface area contributed by atoms with Gasteiger partial charge in [0.15, 0.2) is 0 Å². The number of nitrogens with one attached hydrogen (secondary N) is 1. The van der Waals surface area contributed by atoms with Crippen molar-refractivity contribution >= 4 is 23.1 Å². The van der Waals surface area contributed by atoms with E-state index in [0.717, 1.165) is 5.69 Å². The van der Waals surface area contributed by atoms with Crippen LogP contribution >= 0.6 is 12.2 Å². The van der Waals surface area contributed by atoms with E-state index in [0.29, 0.717) is 18.7 Å². The number of amides is 1. The summed E-state index contributed by atoms with van der Waals surface area (Å²) in [4.78, 5) is 12.5. The number of thiocarbonyl (C=S) groups is 1. The lowest BCUT2D eigenvalue weighted by Gasteiger charge is -2.28. The van der Waals surface area contributed by atoms with Gasteiger partial charge in [-0.15, -0.1) is 0 Å². The molecule has 100 valence electrons. The zero-order valence-electron chi connectivity index (χ0n) is 11.3. The molecule has 0 radical (unpaired) electrons. The van der Waals surface area contributed by atoms with Gasteiger partial charge in [0.05, 0.1) is 16.2 Å². The Balaban J connectivity index is 2.98. The van der Waals surface area contributed by atoms with Crippen LogP contribution in [0.3, 0.4) is 0 Å². The van der Waals surface area contributed by atoms with Gasteiger partial charge in [0.2, 0.25) is 0 Å². The zero-order valence-corrected chi connectivity index (χ0v) is 12.1. The van der Waals surface area contributed by atoms with Crippen LogP contribution in [0.5, 0.6) is 0 Å². The van der Waals surface area contributed by atoms with Gasteiger partial charge in [-0.25, -0.2) is 0 Å². The summed E-state index contributed by atoms with van der Waals surface area (Å²) in [6.07, 6.45) is 0.646. The Morgan fingerprint density at radius 3 is 2.67 bits per heavy atom. The van der Waals surface area contributed by atoms with Gasteiger partial charge in [-0.05, 0) is 33.3 Å². The summed E-state index contributed by atoms with van der Waals surface area (Å²) in [5, 5.41) is 7.12. The second-order valence-corrected chi connectivity index (χ2v) is 4.93. The number of rotatable bonds is 5. The summed E-state index contributed by atoms with van der Waals surface area (Å²) in [7, 11) is 0. The molecule has 0 aliphatic carbocycles.